The Morgan fingerprint density at radius 3 is 2.96 bits per heavy atom. The van der Waals surface area contributed by atoms with E-state index >= 15 is 0 Å². The first-order valence-corrected chi connectivity index (χ1v) is 9.39. The van der Waals surface area contributed by atoms with Gasteiger partial charge in [-0.2, -0.15) is 0 Å². The van der Waals surface area contributed by atoms with E-state index in [1.807, 2.05) is 6.07 Å². The lowest BCUT2D eigenvalue weighted by atomic mass is 9.70. The Morgan fingerprint density at radius 2 is 2.29 bits per heavy atom. The Kier molecular flexibility index (Phi) is 4.58. The number of carbonyl (C=O) groups is 2. The number of carbonyl (C=O) groups excluding carboxylic acids is 1. The molecule has 0 saturated carbocycles. The van der Waals surface area contributed by atoms with Gasteiger partial charge in [-0.15, -0.1) is 0 Å². The summed E-state index contributed by atoms with van der Waals surface area (Å²) in [4.78, 5) is 29.8. The van der Waals surface area contributed by atoms with Crippen LogP contribution in [-0.2, 0) is 11.2 Å². The number of aliphatic imine (C=N–C) groups is 1. The lowest BCUT2D eigenvalue weighted by Crippen LogP contribution is -2.62. The van der Waals surface area contributed by atoms with Crippen molar-refractivity contribution < 1.29 is 24.5 Å². The fourth-order valence-electron chi connectivity index (χ4n) is 4.71. The number of hydrogen-bond acceptors (Lipinski definition) is 5. The van der Waals surface area contributed by atoms with Crippen molar-refractivity contribution in [2.75, 3.05) is 13.2 Å². The molecule has 1 aliphatic carbocycles. The third-order valence-corrected chi connectivity index (χ3v) is 5.87. The standard InChI is InChI=1S/C20H23N3O5/c1-10(24)16-18-13-3-2-11-6-12(28-5-4-22-9-21)7-14(20(26)27)17(11)15(13)8-23(18)19(16)25/h6-10,13,16,18,24H,2-5H2,1H3,(H2,21,22)(H,26,27)/t10-,13+,16-,18-/m1/s1. The maximum atomic E-state index is 12.3. The summed E-state index contributed by atoms with van der Waals surface area (Å²) in [6.07, 6.45) is 3.76. The molecule has 1 aromatic rings. The van der Waals surface area contributed by atoms with Gasteiger partial charge in [-0.1, -0.05) is 0 Å². The summed E-state index contributed by atoms with van der Waals surface area (Å²) >= 11 is 0. The molecule has 0 unspecified atom stereocenters. The van der Waals surface area contributed by atoms with E-state index in [0.29, 0.717) is 30.9 Å². The van der Waals surface area contributed by atoms with Gasteiger partial charge in [0.05, 0.1) is 36.5 Å². The number of carboxylic acids is 1. The molecular weight excluding hydrogens is 362 g/mol. The molecule has 1 amide bonds. The van der Waals surface area contributed by atoms with E-state index in [1.54, 1.807) is 18.0 Å². The fraction of sp³-hybridized carbons (Fsp3) is 0.450. The highest BCUT2D eigenvalue weighted by Crippen LogP contribution is 2.52. The molecule has 3 aliphatic rings. The number of carboxylic acid groups (broad SMARTS) is 1. The van der Waals surface area contributed by atoms with Crippen molar-refractivity contribution >= 4 is 23.8 Å². The highest BCUT2D eigenvalue weighted by molar-refractivity contribution is 5.99. The molecule has 8 nitrogen and oxygen atoms in total. The number of benzene rings is 1. The van der Waals surface area contributed by atoms with Gasteiger partial charge < -0.3 is 25.6 Å². The number of fused-ring (bicyclic) bond motifs is 5. The number of aryl methyl sites for hydroxylation is 1. The first-order chi connectivity index (χ1) is 13.4. The van der Waals surface area contributed by atoms with E-state index in [2.05, 4.69) is 4.99 Å². The Balaban J connectivity index is 1.68. The molecule has 0 spiro atoms. The average molecular weight is 385 g/mol. The van der Waals surface area contributed by atoms with Crippen LogP contribution in [0, 0.1) is 11.8 Å². The second-order valence-electron chi connectivity index (χ2n) is 7.45. The van der Waals surface area contributed by atoms with Crippen LogP contribution in [0.15, 0.2) is 23.3 Å². The number of nitrogens with two attached hydrogens (primary N) is 1. The highest BCUT2D eigenvalue weighted by atomic mass is 16.5. The molecule has 2 heterocycles. The van der Waals surface area contributed by atoms with Gasteiger partial charge in [-0.25, -0.2) is 4.79 Å². The zero-order chi connectivity index (χ0) is 20.0. The van der Waals surface area contributed by atoms with Gasteiger partial charge in [0.15, 0.2) is 0 Å². The summed E-state index contributed by atoms with van der Waals surface area (Å²) in [7, 11) is 0. The van der Waals surface area contributed by atoms with Crippen LogP contribution in [0.25, 0.3) is 5.57 Å². The van der Waals surface area contributed by atoms with E-state index in [0.717, 1.165) is 17.6 Å². The number of aliphatic hydroxyl groups excluding tert-OH is 1. The number of rotatable bonds is 6. The second kappa shape index (κ2) is 6.94. The third kappa shape index (κ3) is 2.75. The summed E-state index contributed by atoms with van der Waals surface area (Å²) in [5.74, 6) is -1.01. The number of hydrogen-bond donors (Lipinski definition) is 3. The topological polar surface area (TPSA) is 125 Å². The molecular formula is C20H23N3O5. The summed E-state index contributed by atoms with van der Waals surface area (Å²) in [5, 5.41) is 19.8. The van der Waals surface area contributed by atoms with E-state index in [9.17, 15) is 19.8 Å². The highest BCUT2D eigenvalue weighted by Gasteiger charge is 2.57. The predicted molar refractivity (Wildman–Crippen MR) is 102 cm³/mol. The van der Waals surface area contributed by atoms with Crippen molar-refractivity contribution in [3.8, 4) is 5.75 Å². The van der Waals surface area contributed by atoms with Crippen LogP contribution in [0.5, 0.6) is 5.75 Å². The van der Waals surface area contributed by atoms with Gasteiger partial charge >= 0.3 is 5.97 Å². The van der Waals surface area contributed by atoms with Crippen molar-refractivity contribution in [2.45, 2.75) is 31.9 Å². The monoisotopic (exact) mass is 385 g/mol. The first kappa shape index (κ1) is 18.5. The zero-order valence-corrected chi connectivity index (χ0v) is 15.5. The average Bonchev–Trinajstić information content (AvgIpc) is 2.98. The molecule has 2 aliphatic heterocycles. The predicted octanol–water partition coefficient (Wildman–Crippen LogP) is 0.875. The maximum absolute atomic E-state index is 12.3. The number of ether oxygens (including phenoxy) is 1. The maximum Gasteiger partial charge on any atom is 0.336 e. The van der Waals surface area contributed by atoms with Crippen LogP contribution in [0.2, 0.25) is 0 Å². The minimum Gasteiger partial charge on any atom is -0.492 e. The molecule has 4 rings (SSSR count). The van der Waals surface area contributed by atoms with Crippen molar-refractivity contribution in [1.29, 1.82) is 0 Å². The second-order valence-corrected chi connectivity index (χ2v) is 7.45. The van der Waals surface area contributed by atoms with Crippen LogP contribution >= 0.6 is 0 Å². The number of nitrogens with zero attached hydrogens (tertiary/aromatic N) is 2. The summed E-state index contributed by atoms with van der Waals surface area (Å²) in [6, 6.07) is 3.32. The molecule has 28 heavy (non-hydrogen) atoms. The van der Waals surface area contributed by atoms with E-state index < -0.39 is 18.0 Å². The quantitative estimate of drug-likeness (QED) is 0.289. The van der Waals surface area contributed by atoms with E-state index in [1.165, 1.54) is 12.4 Å². The molecule has 0 aromatic heterocycles. The van der Waals surface area contributed by atoms with Crippen molar-refractivity contribution in [3.63, 3.8) is 0 Å². The van der Waals surface area contributed by atoms with Gasteiger partial charge in [0.1, 0.15) is 12.4 Å². The number of amides is 1. The fourth-order valence-corrected chi connectivity index (χ4v) is 4.71. The Hall–Kier alpha value is -2.87. The molecule has 1 aromatic carbocycles. The molecule has 1 saturated heterocycles. The third-order valence-electron chi connectivity index (χ3n) is 5.87. The molecule has 0 bridgehead atoms. The summed E-state index contributed by atoms with van der Waals surface area (Å²) in [5.41, 5.74) is 7.84. The molecule has 148 valence electrons. The lowest BCUT2D eigenvalue weighted by molar-refractivity contribution is -0.158. The molecule has 4 atom stereocenters. The van der Waals surface area contributed by atoms with Crippen LogP contribution in [0.3, 0.4) is 0 Å². The van der Waals surface area contributed by atoms with Crippen LogP contribution in [0.4, 0.5) is 0 Å². The zero-order valence-electron chi connectivity index (χ0n) is 15.5. The van der Waals surface area contributed by atoms with Crippen molar-refractivity contribution in [2.24, 2.45) is 22.6 Å². The molecule has 1 fully saturated rings. The van der Waals surface area contributed by atoms with Gasteiger partial charge in [-0.3, -0.25) is 9.79 Å². The van der Waals surface area contributed by atoms with Gasteiger partial charge in [0, 0.05) is 12.1 Å². The van der Waals surface area contributed by atoms with Crippen molar-refractivity contribution in [3.05, 3.63) is 35.0 Å². The number of aromatic carboxylic acids is 1. The van der Waals surface area contributed by atoms with Crippen LogP contribution < -0.4 is 10.5 Å². The Morgan fingerprint density at radius 1 is 1.50 bits per heavy atom. The summed E-state index contributed by atoms with van der Waals surface area (Å²) in [6.45, 7) is 2.33. The SMILES string of the molecule is C[C@@H](O)[C@H]1C(=O)N2C=C3c4c(cc(OCCN=CN)cc4C(=O)O)CC[C@@H]3[C@H]12. The van der Waals surface area contributed by atoms with Crippen LogP contribution in [-0.4, -0.2) is 58.6 Å². The number of β-lactam (4-membered cyclic amide) rings is 1. The minimum atomic E-state index is -1.03. The van der Waals surface area contributed by atoms with Crippen LogP contribution in [0.1, 0.15) is 34.8 Å². The molecule has 0 radical (unpaired) electrons. The number of aliphatic hydroxyl groups is 1. The summed E-state index contributed by atoms with van der Waals surface area (Å²) < 4.78 is 5.65. The largest absolute Gasteiger partial charge is 0.492 e. The van der Waals surface area contributed by atoms with Gasteiger partial charge in [0.2, 0.25) is 5.91 Å². The normalized spacial score (nSPS) is 26.2. The minimum absolute atomic E-state index is 0.0496. The van der Waals surface area contributed by atoms with Gasteiger partial charge in [0.25, 0.3) is 0 Å². The van der Waals surface area contributed by atoms with E-state index in [-0.39, 0.29) is 23.4 Å². The Bertz CT molecular complexity index is 892. The molecule has 8 heteroatoms. The lowest BCUT2D eigenvalue weighted by Gasteiger charge is -2.46. The van der Waals surface area contributed by atoms with E-state index in [4.69, 9.17) is 10.5 Å². The van der Waals surface area contributed by atoms with Gasteiger partial charge in [-0.05, 0) is 48.6 Å². The Labute approximate surface area is 162 Å². The molecule has 4 N–H and O–H groups in total. The van der Waals surface area contributed by atoms with Crippen molar-refractivity contribution in [1.82, 2.24) is 4.90 Å². The smallest absolute Gasteiger partial charge is 0.336 e. The first-order valence-electron chi connectivity index (χ1n) is 9.39.